The van der Waals surface area contributed by atoms with Crippen LogP contribution < -0.4 is 4.90 Å². The zero-order chi connectivity index (χ0) is 15.7. The van der Waals surface area contributed by atoms with Gasteiger partial charge < -0.3 is 4.90 Å². The van der Waals surface area contributed by atoms with Gasteiger partial charge in [-0.05, 0) is 12.1 Å². The van der Waals surface area contributed by atoms with Crippen LogP contribution in [0.5, 0.6) is 0 Å². The number of hydrogen-bond acceptors (Lipinski definition) is 6. The highest BCUT2D eigenvalue weighted by Gasteiger charge is 2.37. The lowest BCUT2D eigenvalue weighted by molar-refractivity contribution is -0.146. The van der Waals surface area contributed by atoms with Crippen LogP contribution in [0.1, 0.15) is 10.8 Å². The van der Waals surface area contributed by atoms with Crippen molar-refractivity contribution in [2.24, 2.45) is 0 Å². The molecule has 0 N–H and O–H groups in total. The minimum absolute atomic E-state index is 0.0596. The fourth-order valence-corrected chi connectivity index (χ4v) is 2.52. The molecule has 22 heavy (non-hydrogen) atoms. The minimum Gasteiger partial charge on any atom is -0.358 e. The smallest absolute Gasteiger partial charge is 0.358 e. The number of fused-ring (bicyclic) bond motifs is 1. The van der Waals surface area contributed by atoms with Crippen LogP contribution in [-0.2, 0) is 12.6 Å². The molecule has 6 nitrogen and oxygen atoms in total. The molecule has 3 heterocycles. The normalized spacial score (nSPS) is 12.0. The summed E-state index contributed by atoms with van der Waals surface area (Å²) in [5.41, 5.74) is 0.0596. The fraction of sp³-hybridized carbons (Fsp3) is 0.333. The first-order valence-corrected chi connectivity index (χ1v) is 7.22. The molecular weight excluding hydrogens is 317 g/mol. The zero-order valence-corrected chi connectivity index (χ0v) is 12.3. The summed E-state index contributed by atoms with van der Waals surface area (Å²) < 4.78 is 39.2. The number of hydrogen-bond donors (Lipinski definition) is 0. The highest BCUT2D eigenvalue weighted by molar-refractivity contribution is 7.09. The second kappa shape index (κ2) is 5.52. The van der Waals surface area contributed by atoms with Crippen molar-refractivity contribution < 1.29 is 13.2 Å². The number of nitrogens with zero attached hydrogens (tertiary/aromatic N) is 6. The molecule has 0 aliphatic rings. The third-order valence-corrected chi connectivity index (χ3v) is 3.88. The van der Waals surface area contributed by atoms with Crippen LogP contribution in [0, 0.1) is 0 Å². The van der Waals surface area contributed by atoms with E-state index in [2.05, 4.69) is 20.3 Å². The molecule has 0 aromatic carbocycles. The Hall–Kier alpha value is -2.23. The van der Waals surface area contributed by atoms with Gasteiger partial charge >= 0.3 is 6.18 Å². The first kappa shape index (κ1) is 14.7. The average molecular weight is 328 g/mol. The molecule has 0 fully saturated rings. The Labute approximate surface area is 127 Å². The van der Waals surface area contributed by atoms with Crippen molar-refractivity contribution >= 4 is 22.8 Å². The van der Waals surface area contributed by atoms with E-state index < -0.39 is 12.0 Å². The van der Waals surface area contributed by atoms with Crippen molar-refractivity contribution in [3.8, 4) is 0 Å². The predicted molar refractivity (Wildman–Crippen MR) is 74.9 cm³/mol. The van der Waals surface area contributed by atoms with Gasteiger partial charge in [0.1, 0.15) is 5.82 Å². The van der Waals surface area contributed by atoms with Gasteiger partial charge in [0.05, 0.1) is 5.01 Å². The van der Waals surface area contributed by atoms with E-state index >= 15 is 0 Å². The summed E-state index contributed by atoms with van der Waals surface area (Å²) in [5.74, 6) is -0.716. The van der Waals surface area contributed by atoms with E-state index in [4.69, 9.17) is 0 Å². The molecule has 0 saturated carbocycles. The molecule has 0 atom stereocenters. The van der Waals surface area contributed by atoms with Crippen molar-refractivity contribution in [2.75, 3.05) is 18.5 Å². The fourth-order valence-electron chi connectivity index (χ4n) is 1.91. The van der Waals surface area contributed by atoms with Gasteiger partial charge in [-0.25, -0.2) is 4.98 Å². The summed E-state index contributed by atoms with van der Waals surface area (Å²) in [6, 6.07) is 3.08. The maximum absolute atomic E-state index is 12.8. The van der Waals surface area contributed by atoms with Gasteiger partial charge in [0, 0.05) is 31.6 Å². The molecular formula is C12H11F3N6S. The Morgan fingerprint density at radius 3 is 2.77 bits per heavy atom. The van der Waals surface area contributed by atoms with Gasteiger partial charge in [-0.1, -0.05) is 0 Å². The van der Waals surface area contributed by atoms with E-state index in [1.54, 1.807) is 24.2 Å². The van der Waals surface area contributed by atoms with Crippen molar-refractivity contribution in [3.05, 3.63) is 34.5 Å². The SMILES string of the molecule is CN(CCc1nccs1)c1ccc2nnc(C(F)(F)F)n2n1. The highest BCUT2D eigenvalue weighted by Crippen LogP contribution is 2.27. The first-order chi connectivity index (χ1) is 10.4. The number of alkyl halides is 3. The van der Waals surface area contributed by atoms with E-state index in [-0.39, 0.29) is 5.65 Å². The molecule has 0 saturated heterocycles. The number of rotatable bonds is 4. The molecule has 0 spiro atoms. The molecule has 3 aromatic rings. The van der Waals surface area contributed by atoms with Crippen molar-refractivity contribution in [1.82, 2.24) is 24.8 Å². The molecule has 0 aliphatic heterocycles. The maximum atomic E-state index is 12.8. The maximum Gasteiger partial charge on any atom is 0.453 e. The molecule has 0 unspecified atom stereocenters. The van der Waals surface area contributed by atoms with Gasteiger partial charge in [0.2, 0.25) is 0 Å². The summed E-state index contributed by atoms with van der Waals surface area (Å²) in [6.07, 6.45) is -2.18. The van der Waals surface area contributed by atoms with Gasteiger partial charge in [-0.3, -0.25) is 0 Å². The minimum atomic E-state index is -4.59. The molecule has 3 rings (SSSR count). The molecule has 0 radical (unpaired) electrons. The Bertz CT molecular complexity index is 767. The van der Waals surface area contributed by atoms with E-state index in [1.165, 1.54) is 17.4 Å². The van der Waals surface area contributed by atoms with Crippen molar-refractivity contribution in [2.45, 2.75) is 12.6 Å². The van der Waals surface area contributed by atoms with E-state index in [1.807, 2.05) is 5.38 Å². The lowest BCUT2D eigenvalue weighted by Gasteiger charge is -2.17. The molecule has 0 bridgehead atoms. The average Bonchev–Trinajstić information content (AvgIpc) is 3.12. The molecule has 3 aromatic heterocycles. The summed E-state index contributed by atoms with van der Waals surface area (Å²) in [7, 11) is 1.76. The summed E-state index contributed by atoms with van der Waals surface area (Å²) in [5, 5.41) is 13.5. The summed E-state index contributed by atoms with van der Waals surface area (Å²) in [6.45, 7) is 0.593. The lowest BCUT2D eigenvalue weighted by Crippen LogP contribution is -2.23. The van der Waals surface area contributed by atoms with Gasteiger partial charge in [-0.2, -0.15) is 17.7 Å². The topological polar surface area (TPSA) is 59.2 Å². The molecule has 116 valence electrons. The second-order valence-corrected chi connectivity index (χ2v) is 5.56. The van der Waals surface area contributed by atoms with Gasteiger partial charge in [0.25, 0.3) is 5.82 Å². The van der Waals surface area contributed by atoms with E-state index in [9.17, 15) is 13.2 Å². The van der Waals surface area contributed by atoms with Gasteiger partial charge in [0.15, 0.2) is 5.65 Å². The van der Waals surface area contributed by atoms with E-state index in [0.29, 0.717) is 18.8 Å². The highest BCUT2D eigenvalue weighted by atomic mass is 32.1. The summed E-state index contributed by atoms with van der Waals surface area (Å²) in [4.78, 5) is 5.93. The second-order valence-electron chi connectivity index (χ2n) is 4.58. The standard InChI is InChI=1S/C12H11F3N6S/c1-20(6-4-10-16-5-7-22-10)9-3-2-8-17-18-11(12(13,14)15)21(8)19-9/h2-3,5,7H,4,6H2,1H3. The van der Waals surface area contributed by atoms with Crippen LogP contribution in [0.15, 0.2) is 23.7 Å². The Morgan fingerprint density at radius 2 is 2.09 bits per heavy atom. The number of anilines is 1. The number of aromatic nitrogens is 5. The number of likely N-dealkylation sites (N-methyl/N-ethyl adjacent to an activating group) is 1. The quantitative estimate of drug-likeness (QED) is 0.735. The summed E-state index contributed by atoms with van der Waals surface area (Å²) >= 11 is 1.54. The third kappa shape index (κ3) is 2.86. The zero-order valence-electron chi connectivity index (χ0n) is 11.4. The Kier molecular flexibility index (Phi) is 3.69. The Balaban J connectivity index is 1.84. The first-order valence-electron chi connectivity index (χ1n) is 6.34. The monoisotopic (exact) mass is 328 g/mol. The Morgan fingerprint density at radius 1 is 1.27 bits per heavy atom. The van der Waals surface area contributed by atoms with Gasteiger partial charge in [-0.15, -0.1) is 26.6 Å². The molecule has 0 aliphatic carbocycles. The largest absolute Gasteiger partial charge is 0.453 e. The van der Waals surface area contributed by atoms with Crippen LogP contribution in [0.25, 0.3) is 5.65 Å². The van der Waals surface area contributed by atoms with Crippen molar-refractivity contribution in [1.29, 1.82) is 0 Å². The lowest BCUT2D eigenvalue weighted by atomic mass is 10.4. The number of halogens is 3. The van der Waals surface area contributed by atoms with E-state index in [0.717, 1.165) is 9.52 Å². The number of thiazole rings is 1. The molecule has 0 amide bonds. The predicted octanol–water partition coefficient (Wildman–Crippen LogP) is 2.28. The van der Waals surface area contributed by atoms with Crippen LogP contribution in [-0.4, -0.2) is 38.4 Å². The van der Waals surface area contributed by atoms with Crippen LogP contribution in [0.3, 0.4) is 0 Å². The van der Waals surface area contributed by atoms with Crippen LogP contribution in [0.4, 0.5) is 19.0 Å². The van der Waals surface area contributed by atoms with Crippen LogP contribution >= 0.6 is 11.3 Å². The van der Waals surface area contributed by atoms with Crippen LogP contribution in [0.2, 0.25) is 0 Å². The third-order valence-electron chi connectivity index (χ3n) is 3.04. The van der Waals surface area contributed by atoms with Crippen molar-refractivity contribution in [3.63, 3.8) is 0 Å². The molecule has 10 heteroatoms.